The molecule has 2 aromatic rings. The zero-order valence-electron chi connectivity index (χ0n) is 12.1. The molecule has 1 aromatic carbocycles. The Kier molecular flexibility index (Phi) is 3.07. The summed E-state index contributed by atoms with van der Waals surface area (Å²) in [6, 6.07) is 5.33. The predicted octanol–water partition coefficient (Wildman–Crippen LogP) is 1.52. The van der Waals surface area contributed by atoms with Gasteiger partial charge in [-0.2, -0.15) is 4.90 Å². The number of fused-ring (bicyclic) bond motifs is 3. The molecule has 8 nitrogen and oxygen atoms in total. The maximum atomic E-state index is 10.8. The Balaban J connectivity index is 1.93. The molecule has 4 rings (SSSR count). The quantitative estimate of drug-likeness (QED) is 0.496. The third kappa shape index (κ3) is 2.04. The predicted molar refractivity (Wildman–Crippen MR) is 90.3 cm³/mol. The first-order chi connectivity index (χ1) is 11.6. The first kappa shape index (κ1) is 14.3. The third-order valence-corrected chi connectivity index (χ3v) is 4.10. The lowest BCUT2D eigenvalue weighted by atomic mass is 10.1. The molecule has 0 radical (unpaired) electrons. The Morgan fingerprint density at radius 2 is 1.92 bits per heavy atom. The van der Waals surface area contributed by atoms with Crippen molar-refractivity contribution < 1.29 is 4.90 Å². The maximum Gasteiger partial charge on any atom is 0.222 e. The Morgan fingerprint density at radius 3 is 2.62 bits per heavy atom. The van der Waals surface area contributed by atoms with Crippen LogP contribution >= 0.6 is 11.6 Å². The van der Waals surface area contributed by atoms with Crippen molar-refractivity contribution in [1.29, 1.82) is 5.41 Å². The van der Waals surface area contributed by atoms with Crippen LogP contribution in [0.5, 0.6) is 0 Å². The first-order valence-electron chi connectivity index (χ1n) is 6.96. The largest absolute Gasteiger partial charge is 0.612 e. The number of halogens is 1. The van der Waals surface area contributed by atoms with Gasteiger partial charge in [-0.05, 0) is 24.3 Å². The van der Waals surface area contributed by atoms with E-state index in [4.69, 9.17) is 17.0 Å². The molecule has 0 saturated heterocycles. The smallest absolute Gasteiger partial charge is 0.222 e. The number of hydrogen-bond acceptors (Lipinski definition) is 6. The van der Waals surface area contributed by atoms with Crippen LogP contribution in [-0.2, 0) is 0 Å². The van der Waals surface area contributed by atoms with Gasteiger partial charge in [0.05, 0.1) is 15.9 Å². The van der Waals surface area contributed by atoms with E-state index in [0.717, 1.165) is 0 Å². The van der Waals surface area contributed by atoms with Crippen molar-refractivity contribution in [3.05, 3.63) is 74.8 Å². The zero-order chi connectivity index (χ0) is 16.8. The topological polar surface area (TPSA) is 115 Å². The van der Waals surface area contributed by atoms with Crippen LogP contribution in [0.2, 0.25) is 5.02 Å². The van der Waals surface area contributed by atoms with E-state index in [-0.39, 0.29) is 11.2 Å². The van der Waals surface area contributed by atoms with Crippen LogP contribution in [0.1, 0.15) is 5.82 Å². The summed E-state index contributed by atoms with van der Waals surface area (Å²) in [6.45, 7) is 0. The van der Waals surface area contributed by atoms with Crippen LogP contribution in [-0.4, -0.2) is 20.3 Å². The summed E-state index contributed by atoms with van der Waals surface area (Å²) >= 11 is 6.17. The van der Waals surface area contributed by atoms with Gasteiger partial charge in [0.15, 0.2) is 11.3 Å². The molecule has 0 saturated carbocycles. The van der Waals surface area contributed by atoms with Gasteiger partial charge in [0.2, 0.25) is 5.71 Å². The van der Waals surface area contributed by atoms with Gasteiger partial charge in [0.1, 0.15) is 5.70 Å². The van der Waals surface area contributed by atoms with E-state index < -0.39 is 4.90 Å². The van der Waals surface area contributed by atoms with E-state index in [1.807, 2.05) is 6.07 Å². The van der Waals surface area contributed by atoms with Crippen molar-refractivity contribution in [2.75, 3.05) is 5.53 Å². The van der Waals surface area contributed by atoms with Gasteiger partial charge in [-0.25, -0.2) is 15.2 Å². The van der Waals surface area contributed by atoms with Crippen LogP contribution in [0.15, 0.2) is 48.1 Å². The zero-order valence-corrected chi connectivity index (χ0v) is 12.8. The third-order valence-electron chi connectivity index (χ3n) is 3.78. The molecule has 3 N–H and O–H groups in total. The number of nitrogens with one attached hydrogen (secondary N) is 3. The molecule has 2 aliphatic rings. The highest BCUT2D eigenvalue weighted by Gasteiger charge is 2.22. The lowest BCUT2D eigenvalue weighted by Gasteiger charge is -2.10. The van der Waals surface area contributed by atoms with Gasteiger partial charge >= 0.3 is 0 Å². The SMILES string of the molecule is N=c1nc2n(c3cccc(Cl)c13)NNC2=C1C=CC(=[N+]([O-])[O-])C=C1. The summed E-state index contributed by atoms with van der Waals surface area (Å²) in [4.78, 5) is 3.86. The highest BCUT2D eigenvalue weighted by atomic mass is 35.5. The summed E-state index contributed by atoms with van der Waals surface area (Å²) in [5.41, 5.74) is 8.10. The van der Waals surface area contributed by atoms with Crippen molar-refractivity contribution >= 4 is 33.9 Å². The molecule has 0 fully saturated rings. The van der Waals surface area contributed by atoms with Gasteiger partial charge in [-0.15, -0.1) is 0 Å². The van der Waals surface area contributed by atoms with Crippen molar-refractivity contribution in [1.82, 2.24) is 15.1 Å². The van der Waals surface area contributed by atoms with Crippen LogP contribution in [0.4, 0.5) is 0 Å². The lowest BCUT2D eigenvalue weighted by molar-refractivity contribution is -0.377. The van der Waals surface area contributed by atoms with Crippen LogP contribution in [0.3, 0.4) is 0 Å². The highest BCUT2D eigenvalue weighted by molar-refractivity contribution is 6.35. The highest BCUT2D eigenvalue weighted by Crippen LogP contribution is 2.26. The van der Waals surface area contributed by atoms with Gasteiger partial charge in [0.25, 0.3) is 0 Å². The summed E-state index contributed by atoms with van der Waals surface area (Å²) in [7, 11) is 0. The molecule has 9 heteroatoms. The van der Waals surface area contributed by atoms with Crippen LogP contribution in [0, 0.1) is 15.8 Å². The summed E-state index contributed by atoms with van der Waals surface area (Å²) in [5, 5.41) is 30.7. The van der Waals surface area contributed by atoms with Crippen molar-refractivity contribution in [2.24, 2.45) is 0 Å². The molecule has 1 aliphatic carbocycles. The molecular weight excluding hydrogens is 332 g/mol. The molecule has 0 atom stereocenters. The second kappa shape index (κ2) is 5.14. The minimum Gasteiger partial charge on any atom is -0.612 e. The molecule has 2 heterocycles. The number of hydrazine groups is 1. The number of hydrogen-bond donors (Lipinski definition) is 3. The monoisotopic (exact) mass is 341 g/mol. The van der Waals surface area contributed by atoms with Crippen molar-refractivity contribution in [3.63, 3.8) is 0 Å². The molecule has 0 amide bonds. The second-order valence-electron chi connectivity index (χ2n) is 5.17. The standard InChI is InChI=1S/C15H10ClN6O2/c16-10-2-1-3-11-12(10)14(17)18-15-13(19-20-21(11)15)8-4-6-9(7-5-8)22(23)24/h1-7,17,19-20H/q-1. The van der Waals surface area contributed by atoms with E-state index >= 15 is 0 Å². The van der Waals surface area contributed by atoms with E-state index in [1.54, 1.807) is 29.0 Å². The molecule has 120 valence electrons. The Bertz CT molecular complexity index is 1040. The van der Waals surface area contributed by atoms with Crippen LogP contribution in [0.25, 0.3) is 16.6 Å². The van der Waals surface area contributed by atoms with Crippen molar-refractivity contribution in [3.8, 4) is 0 Å². The molecule has 1 aromatic heterocycles. The lowest BCUT2D eigenvalue weighted by Crippen LogP contribution is -2.21. The molecule has 0 spiro atoms. The number of rotatable bonds is 0. The molecule has 1 aliphatic heterocycles. The van der Waals surface area contributed by atoms with Crippen LogP contribution < -0.4 is 16.4 Å². The molecule has 0 unspecified atom stereocenters. The fraction of sp³-hybridized carbons (Fsp3) is 0. The van der Waals surface area contributed by atoms with Gasteiger partial charge < -0.3 is 10.4 Å². The minimum absolute atomic E-state index is 0.0117. The normalized spacial score (nSPS) is 15.5. The Hall–Kier alpha value is -3.26. The molecular formula is C15H10ClN6O2-. The average molecular weight is 342 g/mol. The van der Waals surface area contributed by atoms with Crippen molar-refractivity contribution in [2.45, 2.75) is 0 Å². The van der Waals surface area contributed by atoms with Gasteiger partial charge in [-0.1, -0.05) is 17.7 Å². The summed E-state index contributed by atoms with van der Waals surface area (Å²) in [6.07, 6.45) is 6.11. The van der Waals surface area contributed by atoms with E-state index in [9.17, 15) is 10.4 Å². The number of nitrogens with zero attached hydrogens (tertiary/aromatic N) is 3. The fourth-order valence-corrected chi connectivity index (χ4v) is 2.92. The Labute approximate surface area is 140 Å². The average Bonchev–Trinajstić information content (AvgIpc) is 2.99. The summed E-state index contributed by atoms with van der Waals surface area (Å²) in [5.74, 6) is 0.503. The van der Waals surface area contributed by atoms with E-state index in [1.165, 1.54) is 12.2 Å². The maximum absolute atomic E-state index is 10.8. The number of allylic oxidation sites excluding steroid dienone is 5. The fourth-order valence-electron chi connectivity index (χ4n) is 2.66. The van der Waals surface area contributed by atoms with E-state index in [0.29, 0.717) is 33.0 Å². The minimum atomic E-state index is -0.451. The Morgan fingerprint density at radius 1 is 1.17 bits per heavy atom. The first-order valence-corrected chi connectivity index (χ1v) is 7.34. The summed E-state index contributed by atoms with van der Waals surface area (Å²) < 4.78 is 1.69. The second-order valence-corrected chi connectivity index (χ2v) is 5.58. The molecule has 0 bridgehead atoms. The van der Waals surface area contributed by atoms with Gasteiger partial charge in [0, 0.05) is 17.7 Å². The number of aromatic nitrogens is 2. The van der Waals surface area contributed by atoms with Gasteiger partial charge in [-0.3, -0.25) is 10.8 Å². The molecule has 24 heavy (non-hydrogen) atoms. The number of benzene rings is 1. The van der Waals surface area contributed by atoms with E-state index in [2.05, 4.69) is 15.9 Å².